The van der Waals surface area contributed by atoms with Crippen molar-refractivity contribution in [3.8, 4) is 0 Å². The number of hydrogen-bond acceptors (Lipinski definition) is 3. The predicted molar refractivity (Wildman–Crippen MR) is 69.3 cm³/mol. The highest BCUT2D eigenvalue weighted by Crippen LogP contribution is 2.41. The van der Waals surface area contributed by atoms with Gasteiger partial charge in [0.15, 0.2) is 0 Å². The maximum atomic E-state index is 6.00. The van der Waals surface area contributed by atoms with Gasteiger partial charge in [0.25, 0.3) is 0 Å². The SMILES string of the molecule is CCNC(c1ccc(Cl)s1)C(OC)C1CC1. The summed E-state index contributed by atoms with van der Waals surface area (Å²) in [5.41, 5.74) is 0. The van der Waals surface area contributed by atoms with E-state index < -0.39 is 0 Å². The molecular formula is C12H18ClNOS. The molecule has 2 rings (SSSR count). The van der Waals surface area contributed by atoms with Crippen LogP contribution in [0.2, 0.25) is 4.34 Å². The smallest absolute Gasteiger partial charge is 0.0931 e. The van der Waals surface area contributed by atoms with Gasteiger partial charge in [0.1, 0.15) is 0 Å². The molecule has 0 amide bonds. The summed E-state index contributed by atoms with van der Waals surface area (Å²) in [6.45, 7) is 3.08. The van der Waals surface area contributed by atoms with Gasteiger partial charge in [0, 0.05) is 12.0 Å². The van der Waals surface area contributed by atoms with Crippen LogP contribution < -0.4 is 5.32 Å². The molecule has 1 aliphatic carbocycles. The maximum absolute atomic E-state index is 6.00. The van der Waals surface area contributed by atoms with Crippen molar-refractivity contribution < 1.29 is 4.74 Å². The van der Waals surface area contributed by atoms with E-state index in [-0.39, 0.29) is 6.10 Å². The van der Waals surface area contributed by atoms with Gasteiger partial charge in [-0.1, -0.05) is 18.5 Å². The molecular weight excluding hydrogens is 242 g/mol. The molecule has 1 fully saturated rings. The summed E-state index contributed by atoms with van der Waals surface area (Å²) in [6, 6.07) is 4.36. The highest BCUT2D eigenvalue weighted by atomic mass is 35.5. The lowest BCUT2D eigenvalue weighted by Gasteiger charge is -2.25. The first-order chi connectivity index (χ1) is 7.76. The Bertz CT molecular complexity index is 338. The molecule has 4 heteroatoms. The van der Waals surface area contributed by atoms with Gasteiger partial charge in [0.2, 0.25) is 0 Å². The third-order valence-corrected chi connectivity index (χ3v) is 4.33. The van der Waals surface area contributed by atoms with E-state index >= 15 is 0 Å². The monoisotopic (exact) mass is 259 g/mol. The summed E-state index contributed by atoms with van der Waals surface area (Å²) in [5.74, 6) is 0.718. The lowest BCUT2D eigenvalue weighted by atomic mass is 10.0. The van der Waals surface area contributed by atoms with Crippen LogP contribution in [0.15, 0.2) is 12.1 Å². The van der Waals surface area contributed by atoms with Gasteiger partial charge in [-0.3, -0.25) is 0 Å². The van der Waals surface area contributed by atoms with Crippen molar-refractivity contribution in [1.82, 2.24) is 5.32 Å². The fourth-order valence-electron chi connectivity index (χ4n) is 2.12. The van der Waals surface area contributed by atoms with Gasteiger partial charge in [-0.15, -0.1) is 11.3 Å². The number of likely N-dealkylation sites (N-methyl/N-ethyl adjacent to an activating group) is 1. The van der Waals surface area contributed by atoms with E-state index in [0.29, 0.717) is 6.04 Å². The number of ether oxygens (including phenoxy) is 1. The van der Waals surface area contributed by atoms with Crippen molar-refractivity contribution in [2.45, 2.75) is 31.9 Å². The topological polar surface area (TPSA) is 21.3 Å². The number of halogens is 1. The standard InChI is InChI=1S/C12H18ClNOS/c1-3-14-11(9-6-7-10(13)16-9)12(15-2)8-4-5-8/h6-8,11-12,14H,3-5H2,1-2H3. The molecule has 1 saturated carbocycles. The first kappa shape index (κ1) is 12.4. The van der Waals surface area contributed by atoms with E-state index in [1.54, 1.807) is 11.3 Å². The van der Waals surface area contributed by atoms with E-state index in [0.717, 1.165) is 16.8 Å². The van der Waals surface area contributed by atoms with Crippen LogP contribution in [0.25, 0.3) is 0 Å². The molecule has 1 N–H and O–H groups in total. The lowest BCUT2D eigenvalue weighted by molar-refractivity contribution is 0.0522. The second-order valence-electron chi connectivity index (χ2n) is 4.21. The molecule has 1 aliphatic rings. The number of rotatable bonds is 6. The van der Waals surface area contributed by atoms with Crippen LogP contribution in [-0.2, 0) is 4.74 Å². The van der Waals surface area contributed by atoms with Crippen molar-refractivity contribution in [3.05, 3.63) is 21.3 Å². The number of hydrogen-bond donors (Lipinski definition) is 1. The van der Waals surface area contributed by atoms with Crippen LogP contribution in [-0.4, -0.2) is 19.8 Å². The van der Waals surface area contributed by atoms with E-state index in [1.165, 1.54) is 17.7 Å². The molecule has 1 aromatic rings. The second-order valence-corrected chi connectivity index (χ2v) is 5.96. The van der Waals surface area contributed by atoms with Crippen molar-refractivity contribution >= 4 is 22.9 Å². The van der Waals surface area contributed by atoms with Crippen LogP contribution in [0.4, 0.5) is 0 Å². The highest BCUT2D eigenvalue weighted by molar-refractivity contribution is 7.16. The molecule has 0 spiro atoms. The maximum Gasteiger partial charge on any atom is 0.0931 e. The minimum absolute atomic E-state index is 0.287. The minimum atomic E-state index is 0.287. The summed E-state index contributed by atoms with van der Waals surface area (Å²) < 4.78 is 6.50. The van der Waals surface area contributed by atoms with Crippen LogP contribution in [0.5, 0.6) is 0 Å². The molecule has 16 heavy (non-hydrogen) atoms. The summed E-state index contributed by atoms with van der Waals surface area (Å²) >= 11 is 7.65. The van der Waals surface area contributed by atoms with Gasteiger partial charge in [0.05, 0.1) is 16.5 Å². The zero-order valence-corrected chi connectivity index (χ0v) is 11.3. The average Bonchev–Trinajstić information content (AvgIpc) is 3.01. The number of nitrogens with one attached hydrogen (secondary N) is 1. The third kappa shape index (κ3) is 2.77. The van der Waals surface area contributed by atoms with E-state index in [9.17, 15) is 0 Å². The fraction of sp³-hybridized carbons (Fsp3) is 0.667. The Hall–Kier alpha value is -0.0900. The van der Waals surface area contributed by atoms with E-state index in [1.807, 2.05) is 13.2 Å². The quantitative estimate of drug-likeness (QED) is 0.845. The van der Waals surface area contributed by atoms with Crippen molar-refractivity contribution in [1.29, 1.82) is 0 Å². The number of methoxy groups -OCH3 is 1. The largest absolute Gasteiger partial charge is 0.379 e. The Kier molecular flexibility index (Phi) is 4.25. The van der Waals surface area contributed by atoms with Gasteiger partial charge < -0.3 is 10.1 Å². The molecule has 0 bridgehead atoms. The molecule has 90 valence electrons. The average molecular weight is 260 g/mol. The Morgan fingerprint density at radius 2 is 2.31 bits per heavy atom. The fourth-order valence-corrected chi connectivity index (χ4v) is 3.29. The van der Waals surface area contributed by atoms with Crippen LogP contribution in [0.1, 0.15) is 30.7 Å². The van der Waals surface area contributed by atoms with Crippen molar-refractivity contribution in [2.75, 3.05) is 13.7 Å². The summed E-state index contributed by atoms with van der Waals surface area (Å²) in [7, 11) is 1.81. The number of thiophene rings is 1. The molecule has 1 heterocycles. The predicted octanol–water partition coefficient (Wildman–Crippen LogP) is 3.48. The Labute approximate surface area is 106 Å². The summed E-state index contributed by atoms with van der Waals surface area (Å²) in [6.07, 6.45) is 2.87. The molecule has 1 aromatic heterocycles. The van der Waals surface area contributed by atoms with Gasteiger partial charge >= 0.3 is 0 Å². The first-order valence-electron chi connectivity index (χ1n) is 5.77. The molecule has 0 saturated heterocycles. The van der Waals surface area contributed by atoms with Gasteiger partial charge in [-0.05, 0) is 37.4 Å². The van der Waals surface area contributed by atoms with E-state index in [4.69, 9.17) is 16.3 Å². The summed E-state index contributed by atoms with van der Waals surface area (Å²) in [5, 5.41) is 3.51. The van der Waals surface area contributed by atoms with Crippen molar-refractivity contribution in [3.63, 3.8) is 0 Å². The zero-order valence-electron chi connectivity index (χ0n) is 9.70. The van der Waals surface area contributed by atoms with Gasteiger partial charge in [-0.2, -0.15) is 0 Å². The molecule has 0 aliphatic heterocycles. The first-order valence-corrected chi connectivity index (χ1v) is 6.97. The summed E-state index contributed by atoms with van der Waals surface area (Å²) in [4.78, 5) is 1.28. The molecule has 2 atom stereocenters. The Morgan fingerprint density at radius 3 is 2.75 bits per heavy atom. The van der Waals surface area contributed by atoms with Crippen LogP contribution >= 0.6 is 22.9 Å². The van der Waals surface area contributed by atoms with Crippen molar-refractivity contribution in [2.24, 2.45) is 5.92 Å². The van der Waals surface area contributed by atoms with Crippen LogP contribution in [0, 0.1) is 5.92 Å². The Balaban J connectivity index is 2.14. The van der Waals surface area contributed by atoms with Crippen LogP contribution in [0.3, 0.4) is 0 Å². The molecule has 2 unspecified atom stereocenters. The lowest BCUT2D eigenvalue weighted by Crippen LogP contribution is -2.34. The molecule has 0 aromatic carbocycles. The Morgan fingerprint density at radius 1 is 1.56 bits per heavy atom. The molecule has 0 radical (unpaired) electrons. The molecule has 2 nitrogen and oxygen atoms in total. The third-order valence-electron chi connectivity index (χ3n) is 3.01. The van der Waals surface area contributed by atoms with E-state index in [2.05, 4.69) is 18.3 Å². The zero-order chi connectivity index (χ0) is 11.5. The normalized spacial score (nSPS) is 19.7. The van der Waals surface area contributed by atoms with Gasteiger partial charge in [-0.25, -0.2) is 0 Å². The second kappa shape index (κ2) is 5.50. The highest BCUT2D eigenvalue weighted by Gasteiger charge is 2.37. The minimum Gasteiger partial charge on any atom is -0.379 e.